The van der Waals surface area contributed by atoms with Gasteiger partial charge in [0.15, 0.2) is 10.4 Å². The third kappa shape index (κ3) is 2.84. The van der Waals surface area contributed by atoms with Gasteiger partial charge in [0.2, 0.25) is 0 Å². The maximum absolute atomic E-state index is 12.0. The smallest absolute Gasteiger partial charge is 0.250 e. The van der Waals surface area contributed by atoms with Gasteiger partial charge in [-0.25, -0.2) is 13.4 Å². The third-order valence-electron chi connectivity index (χ3n) is 2.71. The summed E-state index contributed by atoms with van der Waals surface area (Å²) in [7, 11) is -2.17. The molecule has 0 fully saturated rings. The van der Waals surface area contributed by atoms with Crippen LogP contribution < -0.4 is 9.46 Å². The molecule has 0 saturated carbocycles. The summed E-state index contributed by atoms with van der Waals surface area (Å²) in [4.78, 5) is 4.19. The quantitative estimate of drug-likeness (QED) is 0.915. The number of nitrogens with one attached hydrogen (secondary N) is 1. The van der Waals surface area contributed by atoms with E-state index < -0.39 is 15.3 Å². The van der Waals surface area contributed by atoms with E-state index in [0.717, 1.165) is 4.70 Å². The predicted octanol–water partition coefficient (Wildman–Crippen LogP) is 2.35. The number of fused-ring (bicyclic) bond motifs is 1. The Morgan fingerprint density at radius 3 is 2.90 bits per heavy atom. The molecule has 106 valence electrons. The Bertz CT molecular complexity index is 762. The zero-order valence-electron chi connectivity index (χ0n) is 11.0. The number of hydrogen-bond donors (Lipinski definition) is 1. The molecule has 0 spiro atoms. The van der Waals surface area contributed by atoms with Crippen LogP contribution in [0.3, 0.4) is 0 Å². The summed E-state index contributed by atoms with van der Waals surface area (Å²) in [6, 6.07) is 7.06. The van der Waals surface area contributed by atoms with E-state index >= 15 is 0 Å². The van der Waals surface area contributed by atoms with E-state index in [2.05, 4.69) is 9.71 Å². The van der Waals surface area contributed by atoms with Crippen LogP contribution in [0.2, 0.25) is 0 Å². The van der Waals surface area contributed by atoms with Gasteiger partial charge in [0.1, 0.15) is 5.75 Å². The Balaban J connectivity index is 2.33. The minimum Gasteiger partial charge on any atom is -0.497 e. The lowest BCUT2D eigenvalue weighted by Crippen LogP contribution is -2.25. The molecule has 0 aliphatic heterocycles. The van der Waals surface area contributed by atoms with Crippen LogP contribution in [0.5, 0.6) is 5.75 Å². The average molecular weight is 311 g/mol. The van der Waals surface area contributed by atoms with E-state index in [1.807, 2.05) is 0 Å². The van der Waals surface area contributed by atoms with Crippen molar-refractivity contribution in [1.82, 2.24) is 4.98 Å². The number of benzene rings is 1. The van der Waals surface area contributed by atoms with E-state index in [4.69, 9.17) is 10.00 Å². The first-order chi connectivity index (χ1) is 9.50. The van der Waals surface area contributed by atoms with E-state index in [1.165, 1.54) is 11.3 Å². The molecule has 2 rings (SSSR count). The van der Waals surface area contributed by atoms with Crippen molar-refractivity contribution in [3.8, 4) is 11.8 Å². The number of anilines is 1. The normalized spacial score (nSPS) is 12.8. The SMILES string of the molecule is CCC(C#N)S(=O)(=O)Nc1nc2ccc(OC)cc2s1. The number of hydrogen-bond acceptors (Lipinski definition) is 6. The number of nitrogens with zero attached hydrogens (tertiary/aromatic N) is 2. The van der Waals surface area contributed by atoms with Crippen LogP contribution in [0.4, 0.5) is 5.13 Å². The molecular formula is C12H13N3O3S2. The summed E-state index contributed by atoms with van der Waals surface area (Å²) in [5, 5.41) is 8.02. The second-order valence-corrected chi connectivity index (χ2v) is 6.92. The summed E-state index contributed by atoms with van der Waals surface area (Å²) in [5.41, 5.74) is 0.679. The van der Waals surface area contributed by atoms with E-state index in [1.54, 1.807) is 38.3 Å². The Hall–Kier alpha value is -1.85. The molecule has 1 atom stereocenters. The lowest BCUT2D eigenvalue weighted by molar-refractivity contribution is 0.415. The van der Waals surface area contributed by atoms with Crippen molar-refractivity contribution in [3.63, 3.8) is 0 Å². The Labute approximate surface area is 121 Å². The fourth-order valence-electron chi connectivity index (χ4n) is 1.65. The number of sulfonamides is 1. The van der Waals surface area contributed by atoms with E-state index in [9.17, 15) is 8.42 Å². The third-order valence-corrected chi connectivity index (χ3v) is 5.44. The standard InChI is InChI=1S/C12H13N3O3S2/c1-3-9(7-13)20(16,17)15-12-14-10-5-4-8(18-2)6-11(10)19-12/h4-6,9H,3H2,1-2H3,(H,14,15). The number of rotatable bonds is 5. The summed E-state index contributed by atoms with van der Waals surface area (Å²) in [6.45, 7) is 1.65. The molecule has 8 heteroatoms. The van der Waals surface area contributed by atoms with Gasteiger partial charge in [-0.05, 0) is 24.6 Å². The topological polar surface area (TPSA) is 92.1 Å². The molecule has 2 aromatic rings. The molecule has 0 aliphatic carbocycles. The van der Waals surface area contributed by atoms with E-state index in [-0.39, 0.29) is 11.6 Å². The van der Waals surface area contributed by atoms with Gasteiger partial charge < -0.3 is 4.74 Å². The molecule has 1 N–H and O–H groups in total. The number of methoxy groups -OCH3 is 1. The van der Waals surface area contributed by atoms with Crippen LogP contribution in [0.1, 0.15) is 13.3 Å². The molecule has 1 aromatic heterocycles. The van der Waals surface area contributed by atoms with Gasteiger partial charge in [-0.15, -0.1) is 0 Å². The highest BCUT2D eigenvalue weighted by Crippen LogP contribution is 2.30. The minimum absolute atomic E-state index is 0.227. The molecule has 6 nitrogen and oxygen atoms in total. The fraction of sp³-hybridized carbons (Fsp3) is 0.333. The van der Waals surface area contributed by atoms with Crippen molar-refractivity contribution >= 4 is 36.7 Å². The van der Waals surface area contributed by atoms with Gasteiger partial charge in [-0.3, -0.25) is 4.72 Å². The van der Waals surface area contributed by atoms with Gasteiger partial charge >= 0.3 is 0 Å². The molecule has 0 radical (unpaired) electrons. The first-order valence-electron chi connectivity index (χ1n) is 5.86. The van der Waals surface area contributed by atoms with E-state index in [0.29, 0.717) is 11.3 Å². The van der Waals surface area contributed by atoms with Gasteiger partial charge in [-0.1, -0.05) is 18.3 Å². The van der Waals surface area contributed by atoms with Gasteiger partial charge in [0, 0.05) is 0 Å². The van der Waals surface area contributed by atoms with Crippen LogP contribution >= 0.6 is 11.3 Å². The second kappa shape index (κ2) is 5.64. The average Bonchev–Trinajstić information content (AvgIpc) is 2.79. The van der Waals surface area contributed by atoms with Crippen molar-refractivity contribution in [1.29, 1.82) is 5.26 Å². The fourth-order valence-corrected chi connectivity index (χ4v) is 3.92. The van der Waals surface area contributed by atoms with Gasteiger partial charge in [-0.2, -0.15) is 5.26 Å². The number of ether oxygens (including phenoxy) is 1. The highest BCUT2D eigenvalue weighted by atomic mass is 32.2. The van der Waals surface area contributed by atoms with Crippen molar-refractivity contribution in [2.45, 2.75) is 18.6 Å². The molecule has 0 aliphatic rings. The van der Waals surface area contributed by atoms with Crippen molar-refractivity contribution in [3.05, 3.63) is 18.2 Å². The highest BCUT2D eigenvalue weighted by molar-refractivity contribution is 7.93. The monoisotopic (exact) mass is 311 g/mol. The maximum Gasteiger partial charge on any atom is 0.250 e. The zero-order valence-corrected chi connectivity index (χ0v) is 12.6. The van der Waals surface area contributed by atoms with Gasteiger partial charge in [0.25, 0.3) is 10.0 Å². The molecule has 1 aromatic carbocycles. The van der Waals surface area contributed by atoms with Crippen LogP contribution in [-0.2, 0) is 10.0 Å². The molecule has 0 saturated heterocycles. The summed E-state index contributed by atoms with van der Waals surface area (Å²) >= 11 is 1.20. The highest BCUT2D eigenvalue weighted by Gasteiger charge is 2.24. The summed E-state index contributed by atoms with van der Waals surface area (Å²) < 4.78 is 32.2. The lowest BCUT2D eigenvalue weighted by Gasteiger charge is -2.07. The first-order valence-corrected chi connectivity index (χ1v) is 8.22. The van der Waals surface area contributed by atoms with Crippen LogP contribution in [0.25, 0.3) is 10.2 Å². The number of aromatic nitrogens is 1. The minimum atomic E-state index is -3.73. The second-order valence-electron chi connectivity index (χ2n) is 4.03. The maximum atomic E-state index is 12.0. The number of nitriles is 1. The Kier molecular flexibility index (Phi) is 4.11. The van der Waals surface area contributed by atoms with Crippen LogP contribution in [0.15, 0.2) is 18.2 Å². The van der Waals surface area contributed by atoms with Crippen LogP contribution in [0, 0.1) is 11.3 Å². The molecular weight excluding hydrogens is 298 g/mol. The molecule has 20 heavy (non-hydrogen) atoms. The summed E-state index contributed by atoms with van der Waals surface area (Å²) in [5.74, 6) is 0.680. The zero-order chi connectivity index (χ0) is 14.8. The Morgan fingerprint density at radius 1 is 1.55 bits per heavy atom. The number of thiazole rings is 1. The lowest BCUT2D eigenvalue weighted by atomic mass is 10.3. The largest absolute Gasteiger partial charge is 0.497 e. The predicted molar refractivity (Wildman–Crippen MR) is 78.4 cm³/mol. The molecule has 1 heterocycles. The van der Waals surface area contributed by atoms with Crippen molar-refractivity contribution in [2.24, 2.45) is 0 Å². The molecule has 1 unspecified atom stereocenters. The first kappa shape index (κ1) is 14.6. The molecule has 0 amide bonds. The molecule has 0 bridgehead atoms. The van der Waals surface area contributed by atoms with Crippen LogP contribution in [-0.4, -0.2) is 25.8 Å². The van der Waals surface area contributed by atoms with Gasteiger partial charge in [0.05, 0.1) is 23.4 Å². The van der Waals surface area contributed by atoms with Crippen molar-refractivity contribution in [2.75, 3.05) is 11.8 Å². The van der Waals surface area contributed by atoms with Crippen molar-refractivity contribution < 1.29 is 13.2 Å². The summed E-state index contributed by atoms with van der Waals surface area (Å²) in [6.07, 6.45) is 0.227. The Morgan fingerprint density at radius 2 is 2.30 bits per heavy atom.